The summed E-state index contributed by atoms with van der Waals surface area (Å²) in [6.07, 6.45) is 9.84. The summed E-state index contributed by atoms with van der Waals surface area (Å²) >= 11 is 0. The monoisotopic (exact) mass is 384 g/mol. The first-order valence-electron chi connectivity index (χ1n) is 9.75. The van der Waals surface area contributed by atoms with E-state index in [4.69, 9.17) is 4.42 Å². The summed E-state index contributed by atoms with van der Waals surface area (Å²) in [5, 5.41) is 3.95. The molecule has 5 rings (SSSR count). The van der Waals surface area contributed by atoms with E-state index in [1.165, 1.54) is 17.5 Å². The number of hydrogen-bond acceptors (Lipinski definition) is 4. The lowest BCUT2D eigenvalue weighted by atomic mass is 9.91. The standard InChI is InChI=1S/C24H20N2O3/c1-2-26-21-10-6-5-8-17(21)19-13-15(11-12-22(19)26)25-23(27)20-14-29-24(28)18-9-4-3-7-16(18)20/h3-14,17,21H,2H2,1H3,(H,25,27). The lowest BCUT2D eigenvalue weighted by Crippen LogP contribution is -2.32. The van der Waals surface area contributed by atoms with E-state index in [1.54, 1.807) is 24.3 Å². The van der Waals surface area contributed by atoms with E-state index in [-0.39, 0.29) is 11.8 Å². The number of anilines is 2. The van der Waals surface area contributed by atoms with Crippen LogP contribution in [0.15, 0.2) is 82.2 Å². The SMILES string of the molecule is CCN1c2ccc(NC(=O)c3coc(=O)c4ccccc34)cc2C2C=CC=CC21. The Morgan fingerprint density at radius 3 is 2.72 bits per heavy atom. The molecule has 2 atom stereocenters. The normalized spacial score (nSPS) is 19.3. The molecule has 1 aromatic heterocycles. The Labute approximate surface area is 168 Å². The van der Waals surface area contributed by atoms with Crippen LogP contribution in [-0.4, -0.2) is 18.5 Å². The molecule has 2 aromatic carbocycles. The van der Waals surface area contributed by atoms with Gasteiger partial charge in [-0.15, -0.1) is 0 Å². The third-order valence-corrected chi connectivity index (χ3v) is 5.73. The maximum Gasteiger partial charge on any atom is 0.343 e. The smallest absolute Gasteiger partial charge is 0.343 e. The molecular weight excluding hydrogens is 364 g/mol. The van der Waals surface area contributed by atoms with Gasteiger partial charge in [-0.1, -0.05) is 42.5 Å². The Kier molecular flexibility index (Phi) is 4.09. The fourth-order valence-corrected chi connectivity index (χ4v) is 4.39. The predicted octanol–water partition coefficient (Wildman–Crippen LogP) is 4.46. The third-order valence-electron chi connectivity index (χ3n) is 5.73. The van der Waals surface area contributed by atoms with E-state index < -0.39 is 5.63 Å². The van der Waals surface area contributed by atoms with Gasteiger partial charge < -0.3 is 14.6 Å². The molecule has 0 fully saturated rings. The van der Waals surface area contributed by atoms with Gasteiger partial charge in [-0.3, -0.25) is 4.79 Å². The molecule has 5 nitrogen and oxygen atoms in total. The minimum atomic E-state index is -0.447. The van der Waals surface area contributed by atoms with Crippen molar-refractivity contribution in [2.24, 2.45) is 0 Å². The van der Waals surface area contributed by atoms with E-state index >= 15 is 0 Å². The van der Waals surface area contributed by atoms with Crippen LogP contribution in [-0.2, 0) is 0 Å². The predicted molar refractivity (Wildman–Crippen MR) is 115 cm³/mol. The molecule has 0 saturated carbocycles. The topological polar surface area (TPSA) is 62.6 Å². The maximum atomic E-state index is 12.9. The van der Waals surface area contributed by atoms with E-state index in [0.717, 1.165) is 12.2 Å². The van der Waals surface area contributed by atoms with Crippen molar-refractivity contribution in [2.45, 2.75) is 18.9 Å². The van der Waals surface area contributed by atoms with E-state index in [1.807, 2.05) is 12.1 Å². The third kappa shape index (κ3) is 2.78. The van der Waals surface area contributed by atoms with Crippen LogP contribution in [0.25, 0.3) is 10.8 Å². The number of carbonyl (C=O) groups is 1. The molecule has 3 aromatic rings. The molecule has 0 radical (unpaired) electrons. The average Bonchev–Trinajstić information content (AvgIpc) is 3.07. The molecule has 2 unspecified atom stereocenters. The first-order valence-corrected chi connectivity index (χ1v) is 9.75. The molecule has 5 heteroatoms. The summed E-state index contributed by atoms with van der Waals surface area (Å²) in [5.41, 5.74) is 3.03. The molecule has 29 heavy (non-hydrogen) atoms. The van der Waals surface area contributed by atoms with Crippen LogP contribution in [0, 0.1) is 0 Å². The van der Waals surface area contributed by atoms with Crippen molar-refractivity contribution in [1.29, 1.82) is 0 Å². The van der Waals surface area contributed by atoms with E-state index in [9.17, 15) is 9.59 Å². The molecule has 0 saturated heterocycles. The molecule has 1 aliphatic heterocycles. The number of fused-ring (bicyclic) bond motifs is 4. The Balaban J connectivity index is 1.50. The summed E-state index contributed by atoms with van der Waals surface area (Å²) < 4.78 is 5.06. The number of amides is 1. The molecule has 2 heterocycles. The molecule has 1 amide bonds. The van der Waals surface area contributed by atoms with Gasteiger partial charge in [0.05, 0.1) is 17.0 Å². The summed E-state index contributed by atoms with van der Waals surface area (Å²) in [6, 6.07) is 13.3. The first kappa shape index (κ1) is 17.5. The van der Waals surface area contributed by atoms with Crippen molar-refractivity contribution >= 4 is 28.1 Å². The Morgan fingerprint density at radius 1 is 1.10 bits per heavy atom. The molecule has 1 N–H and O–H groups in total. The summed E-state index contributed by atoms with van der Waals surface area (Å²) in [5.74, 6) is -0.0201. The number of nitrogens with one attached hydrogen (secondary N) is 1. The van der Waals surface area contributed by atoms with Gasteiger partial charge in [0.25, 0.3) is 5.91 Å². The Morgan fingerprint density at radius 2 is 1.90 bits per heavy atom. The summed E-state index contributed by atoms with van der Waals surface area (Å²) in [6.45, 7) is 3.08. The number of carbonyl (C=O) groups excluding carboxylic acids is 1. The van der Waals surface area contributed by atoms with Crippen LogP contribution < -0.4 is 15.8 Å². The highest BCUT2D eigenvalue weighted by Crippen LogP contribution is 2.44. The van der Waals surface area contributed by atoms with Crippen LogP contribution in [0.4, 0.5) is 11.4 Å². The lowest BCUT2D eigenvalue weighted by Gasteiger charge is -2.27. The molecule has 1 aliphatic carbocycles. The number of hydrogen-bond donors (Lipinski definition) is 1. The van der Waals surface area contributed by atoms with Crippen LogP contribution >= 0.6 is 0 Å². The van der Waals surface area contributed by atoms with Gasteiger partial charge in [0.2, 0.25) is 0 Å². The zero-order valence-electron chi connectivity index (χ0n) is 16.0. The van der Waals surface area contributed by atoms with Crippen LogP contribution in [0.1, 0.15) is 28.8 Å². The summed E-state index contributed by atoms with van der Waals surface area (Å²) in [7, 11) is 0. The highest BCUT2D eigenvalue weighted by atomic mass is 16.4. The fourth-order valence-electron chi connectivity index (χ4n) is 4.39. The van der Waals surface area contributed by atoms with Gasteiger partial charge in [0.1, 0.15) is 6.26 Å². The van der Waals surface area contributed by atoms with Crippen molar-refractivity contribution in [3.63, 3.8) is 0 Å². The van der Waals surface area contributed by atoms with Gasteiger partial charge >= 0.3 is 5.63 Å². The quantitative estimate of drug-likeness (QED) is 0.724. The number of benzene rings is 2. The minimum Gasteiger partial charge on any atom is -0.430 e. The molecule has 2 aliphatic rings. The number of nitrogens with zero attached hydrogens (tertiary/aromatic N) is 1. The lowest BCUT2D eigenvalue weighted by molar-refractivity contribution is 0.102. The molecule has 0 bridgehead atoms. The molecule has 144 valence electrons. The van der Waals surface area contributed by atoms with Crippen LogP contribution in [0.2, 0.25) is 0 Å². The molecule has 0 spiro atoms. The zero-order valence-corrected chi connectivity index (χ0v) is 16.0. The highest BCUT2D eigenvalue weighted by molar-refractivity contribution is 6.12. The van der Waals surface area contributed by atoms with E-state index in [2.05, 4.69) is 47.5 Å². The summed E-state index contributed by atoms with van der Waals surface area (Å²) in [4.78, 5) is 27.2. The number of allylic oxidation sites excluding steroid dienone is 2. The van der Waals surface area contributed by atoms with Crippen molar-refractivity contribution in [1.82, 2.24) is 0 Å². The zero-order chi connectivity index (χ0) is 20.0. The Bertz CT molecular complexity index is 1240. The Hall–Kier alpha value is -3.60. The second-order valence-corrected chi connectivity index (χ2v) is 7.28. The number of rotatable bonds is 3. The van der Waals surface area contributed by atoms with Crippen molar-refractivity contribution < 1.29 is 9.21 Å². The van der Waals surface area contributed by atoms with Crippen molar-refractivity contribution in [3.8, 4) is 0 Å². The van der Waals surface area contributed by atoms with Gasteiger partial charge in [0.15, 0.2) is 0 Å². The fraction of sp³-hybridized carbons (Fsp3) is 0.167. The van der Waals surface area contributed by atoms with Crippen molar-refractivity contribution in [2.75, 3.05) is 16.8 Å². The second-order valence-electron chi connectivity index (χ2n) is 7.28. The van der Waals surface area contributed by atoms with Gasteiger partial charge in [-0.05, 0) is 36.8 Å². The van der Waals surface area contributed by atoms with Gasteiger partial charge in [-0.2, -0.15) is 0 Å². The van der Waals surface area contributed by atoms with Crippen LogP contribution in [0.3, 0.4) is 0 Å². The maximum absolute atomic E-state index is 12.9. The highest BCUT2D eigenvalue weighted by Gasteiger charge is 2.35. The minimum absolute atomic E-state index is 0.280. The van der Waals surface area contributed by atoms with Gasteiger partial charge in [-0.25, -0.2) is 4.79 Å². The second kappa shape index (κ2) is 6.78. The number of likely N-dealkylation sites (N-methyl/N-ethyl adjacent to an activating group) is 1. The van der Waals surface area contributed by atoms with Crippen molar-refractivity contribution in [3.05, 3.63) is 94.6 Å². The van der Waals surface area contributed by atoms with E-state index in [0.29, 0.717) is 22.4 Å². The van der Waals surface area contributed by atoms with Crippen LogP contribution in [0.5, 0.6) is 0 Å². The largest absolute Gasteiger partial charge is 0.430 e. The van der Waals surface area contributed by atoms with Gasteiger partial charge in [0, 0.05) is 29.2 Å². The molecular formula is C24H20N2O3. The first-order chi connectivity index (χ1) is 14.2. The average molecular weight is 384 g/mol.